The molecule has 0 saturated heterocycles. The molecule has 45 heavy (non-hydrogen) atoms. The zero-order valence-electron chi connectivity index (χ0n) is 24.2. The van der Waals surface area contributed by atoms with Crippen LogP contribution in [-0.4, -0.2) is 40.1 Å². The van der Waals surface area contributed by atoms with Gasteiger partial charge in [0.15, 0.2) is 5.69 Å². The molecule has 0 radical (unpaired) electrons. The van der Waals surface area contributed by atoms with E-state index < -0.39 is 5.97 Å². The van der Waals surface area contributed by atoms with E-state index in [1.807, 2.05) is 12.1 Å². The number of nitrogens with one attached hydrogen (secondary N) is 3. The van der Waals surface area contributed by atoms with Gasteiger partial charge in [0, 0.05) is 24.0 Å². The molecule has 11 heteroatoms. The van der Waals surface area contributed by atoms with E-state index in [4.69, 9.17) is 16.0 Å². The van der Waals surface area contributed by atoms with E-state index >= 15 is 0 Å². The van der Waals surface area contributed by atoms with E-state index in [9.17, 15) is 19.5 Å². The number of anilines is 2. The summed E-state index contributed by atoms with van der Waals surface area (Å²) in [6.45, 7) is 7.10. The van der Waals surface area contributed by atoms with Crippen molar-refractivity contribution in [1.29, 1.82) is 0 Å². The van der Waals surface area contributed by atoms with Crippen molar-refractivity contribution in [2.45, 2.75) is 44.2 Å². The lowest BCUT2D eigenvalue weighted by Gasteiger charge is -2.29. The molecule has 0 bridgehead atoms. The normalized spacial score (nSPS) is 15.6. The first kappa shape index (κ1) is 30.6. The van der Waals surface area contributed by atoms with Gasteiger partial charge >= 0.3 is 12.0 Å². The Morgan fingerprint density at radius 3 is 2.36 bits per heavy atom. The van der Waals surface area contributed by atoms with Gasteiger partial charge in [0.2, 0.25) is 11.8 Å². The molecule has 1 aromatic heterocycles. The summed E-state index contributed by atoms with van der Waals surface area (Å²) in [5, 5.41) is 17.7. The topological polar surface area (TPSA) is 143 Å². The largest absolute Gasteiger partial charge is 0.490 e. The van der Waals surface area contributed by atoms with Gasteiger partial charge in [0.05, 0.1) is 30.3 Å². The van der Waals surface area contributed by atoms with Crippen molar-refractivity contribution >= 4 is 35.0 Å². The SMILES string of the molecule is [C-]#[N+]c1cccc(NC(=O)NC2CCC(Oc3ccc(Oc4ccc(CC(=O)Nc5ccccc5C(=O)O)cn4)cc3)CC2)c1. The van der Waals surface area contributed by atoms with E-state index in [1.54, 1.807) is 66.7 Å². The van der Waals surface area contributed by atoms with Crippen molar-refractivity contribution in [2.24, 2.45) is 0 Å². The summed E-state index contributed by atoms with van der Waals surface area (Å²) in [5.41, 5.74) is 1.96. The number of amides is 3. The summed E-state index contributed by atoms with van der Waals surface area (Å²) in [4.78, 5) is 43.8. The number of urea groups is 1. The highest BCUT2D eigenvalue weighted by atomic mass is 16.5. The number of hydrogen-bond donors (Lipinski definition) is 4. The monoisotopic (exact) mass is 605 g/mol. The van der Waals surface area contributed by atoms with Crippen LogP contribution in [0.3, 0.4) is 0 Å². The van der Waals surface area contributed by atoms with Crippen molar-refractivity contribution in [3.8, 4) is 17.4 Å². The fraction of sp³-hybridized carbons (Fsp3) is 0.206. The Labute approximate surface area is 260 Å². The predicted molar refractivity (Wildman–Crippen MR) is 168 cm³/mol. The lowest BCUT2D eigenvalue weighted by Crippen LogP contribution is -2.41. The lowest BCUT2D eigenvalue weighted by molar-refractivity contribution is -0.115. The van der Waals surface area contributed by atoms with Gasteiger partial charge in [-0.05, 0) is 79.8 Å². The number of para-hydroxylation sites is 1. The van der Waals surface area contributed by atoms with Crippen LogP contribution in [0.2, 0.25) is 0 Å². The number of aromatic carboxylic acids is 1. The van der Waals surface area contributed by atoms with Gasteiger partial charge in [-0.3, -0.25) is 4.79 Å². The van der Waals surface area contributed by atoms with E-state index in [2.05, 4.69) is 25.8 Å². The molecule has 5 rings (SSSR count). The number of rotatable bonds is 10. The number of nitrogens with zero attached hydrogens (tertiary/aromatic N) is 2. The fourth-order valence-corrected chi connectivity index (χ4v) is 4.96. The minimum Gasteiger partial charge on any atom is -0.490 e. The molecule has 0 atom stereocenters. The zero-order chi connectivity index (χ0) is 31.6. The molecule has 0 spiro atoms. The molecule has 228 valence electrons. The van der Waals surface area contributed by atoms with E-state index in [0.717, 1.165) is 31.4 Å². The molecule has 1 fully saturated rings. The number of hydrogen-bond acceptors (Lipinski definition) is 6. The molecule has 1 saturated carbocycles. The molecule has 4 aromatic rings. The number of aromatic nitrogens is 1. The van der Waals surface area contributed by atoms with Crippen LogP contribution in [0.1, 0.15) is 41.6 Å². The maximum atomic E-state index is 12.4. The number of benzene rings is 3. The number of carbonyl (C=O) groups excluding carboxylic acids is 2. The third-order valence-corrected chi connectivity index (χ3v) is 7.19. The van der Waals surface area contributed by atoms with Crippen LogP contribution in [0, 0.1) is 6.57 Å². The predicted octanol–water partition coefficient (Wildman–Crippen LogP) is 6.82. The van der Waals surface area contributed by atoms with Crippen LogP contribution in [0.15, 0.2) is 91.1 Å². The Bertz CT molecular complexity index is 1690. The quantitative estimate of drug-likeness (QED) is 0.145. The molecule has 11 nitrogen and oxygen atoms in total. The number of pyridine rings is 1. The zero-order valence-corrected chi connectivity index (χ0v) is 24.2. The van der Waals surface area contributed by atoms with Gasteiger partial charge in [-0.2, -0.15) is 0 Å². The summed E-state index contributed by atoms with van der Waals surface area (Å²) >= 11 is 0. The Kier molecular flexibility index (Phi) is 9.87. The van der Waals surface area contributed by atoms with E-state index in [1.165, 1.54) is 12.3 Å². The summed E-state index contributed by atoms with van der Waals surface area (Å²) in [6.07, 6.45) is 4.79. The molecular weight excluding hydrogens is 574 g/mol. The molecule has 3 aromatic carbocycles. The highest BCUT2D eigenvalue weighted by Gasteiger charge is 2.24. The average molecular weight is 606 g/mol. The summed E-state index contributed by atoms with van der Waals surface area (Å²) in [6, 6.07) is 23.4. The first-order valence-electron chi connectivity index (χ1n) is 14.4. The van der Waals surface area contributed by atoms with E-state index in [0.29, 0.717) is 28.6 Å². The van der Waals surface area contributed by atoms with Gasteiger partial charge in [-0.1, -0.05) is 30.3 Å². The van der Waals surface area contributed by atoms with Crippen molar-refractivity contribution in [2.75, 3.05) is 10.6 Å². The van der Waals surface area contributed by atoms with Gasteiger partial charge in [0.25, 0.3) is 0 Å². The van der Waals surface area contributed by atoms with Crippen LogP contribution >= 0.6 is 0 Å². The third kappa shape index (κ3) is 8.81. The minimum atomic E-state index is -1.12. The summed E-state index contributed by atoms with van der Waals surface area (Å²) < 4.78 is 12.0. The van der Waals surface area contributed by atoms with Crippen LogP contribution in [-0.2, 0) is 11.2 Å². The number of carbonyl (C=O) groups is 3. The van der Waals surface area contributed by atoms with Gasteiger partial charge in [-0.25, -0.2) is 19.4 Å². The van der Waals surface area contributed by atoms with Crippen molar-refractivity contribution in [3.05, 3.63) is 114 Å². The molecule has 0 aliphatic heterocycles. The molecule has 0 unspecified atom stereocenters. The highest BCUT2D eigenvalue weighted by Crippen LogP contribution is 2.27. The summed E-state index contributed by atoms with van der Waals surface area (Å²) in [5.74, 6) is 0.180. The maximum absolute atomic E-state index is 12.4. The molecule has 3 amide bonds. The Morgan fingerprint density at radius 2 is 1.64 bits per heavy atom. The van der Waals surface area contributed by atoms with Gasteiger partial charge < -0.3 is 30.5 Å². The fourth-order valence-electron chi connectivity index (χ4n) is 4.96. The first-order valence-corrected chi connectivity index (χ1v) is 14.4. The molecule has 4 N–H and O–H groups in total. The van der Waals surface area contributed by atoms with Crippen LogP contribution in [0.25, 0.3) is 4.85 Å². The maximum Gasteiger partial charge on any atom is 0.337 e. The lowest BCUT2D eigenvalue weighted by atomic mass is 9.93. The average Bonchev–Trinajstić information content (AvgIpc) is 3.04. The standard InChI is InChI=1S/C34H31N5O6/c1-35-24-5-4-6-25(20-24)38-34(43)37-23-10-12-26(13-11-23)44-27-14-16-28(17-15-27)45-32-18-9-22(21-36-32)19-31(40)39-30-8-3-2-7-29(30)33(41)42/h2-9,14-18,20-21,23,26H,10-13,19H2,(H,39,40)(H,41,42)(H2,37,38,43). The second-order valence-corrected chi connectivity index (χ2v) is 10.5. The van der Waals surface area contributed by atoms with Crippen molar-refractivity contribution in [3.63, 3.8) is 0 Å². The second-order valence-electron chi connectivity index (χ2n) is 10.5. The molecular formula is C34H31N5O6. The van der Waals surface area contributed by atoms with Crippen LogP contribution in [0.4, 0.5) is 21.9 Å². The van der Waals surface area contributed by atoms with E-state index in [-0.39, 0.29) is 41.8 Å². The van der Waals surface area contributed by atoms with Crippen molar-refractivity contribution < 1.29 is 29.0 Å². The molecule has 1 heterocycles. The Balaban J connectivity index is 1.04. The third-order valence-electron chi connectivity index (χ3n) is 7.19. The Hall–Kier alpha value is -5.89. The van der Waals surface area contributed by atoms with Crippen molar-refractivity contribution in [1.82, 2.24) is 10.3 Å². The minimum absolute atomic E-state index is 0.0212. The number of carboxylic acids is 1. The number of carboxylic acid groups (broad SMARTS) is 1. The number of ether oxygens (including phenoxy) is 2. The smallest absolute Gasteiger partial charge is 0.337 e. The molecule has 1 aliphatic rings. The second kappa shape index (κ2) is 14.5. The van der Waals surface area contributed by atoms with Gasteiger partial charge in [0.1, 0.15) is 11.5 Å². The van der Waals surface area contributed by atoms with Crippen LogP contribution in [0.5, 0.6) is 17.4 Å². The Morgan fingerprint density at radius 1 is 0.889 bits per heavy atom. The van der Waals surface area contributed by atoms with Gasteiger partial charge in [-0.15, -0.1) is 0 Å². The summed E-state index contributed by atoms with van der Waals surface area (Å²) in [7, 11) is 0. The highest BCUT2D eigenvalue weighted by molar-refractivity contribution is 6.01. The van der Waals surface area contributed by atoms with Crippen LogP contribution < -0.4 is 25.4 Å². The first-order chi connectivity index (χ1) is 21.8. The molecule has 1 aliphatic carbocycles.